The summed E-state index contributed by atoms with van der Waals surface area (Å²) in [5.74, 6) is -0.162. The third-order valence-corrected chi connectivity index (χ3v) is 4.96. The molecule has 116 valence electrons. The molecule has 2 fully saturated rings. The molecule has 0 radical (unpaired) electrons. The average Bonchev–Trinajstić information content (AvgIpc) is 2.46. The maximum Gasteiger partial charge on any atom is 0.237 e. The van der Waals surface area contributed by atoms with Gasteiger partial charge >= 0.3 is 0 Å². The molecule has 0 aromatic rings. The number of nitrogens with one attached hydrogen (secondary N) is 1. The normalized spacial score (nSPS) is 33.2. The van der Waals surface area contributed by atoms with Crippen LogP contribution in [0.25, 0.3) is 0 Å². The van der Waals surface area contributed by atoms with Crippen molar-refractivity contribution in [1.29, 1.82) is 0 Å². The lowest BCUT2D eigenvalue weighted by atomic mass is 9.77. The van der Waals surface area contributed by atoms with Crippen molar-refractivity contribution >= 4 is 5.91 Å². The Kier molecular flexibility index (Phi) is 5.41. The van der Waals surface area contributed by atoms with Crippen molar-refractivity contribution in [2.75, 3.05) is 39.8 Å². The van der Waals surface area contributed by atoms with E-state index in [0.29, 0.717) is 6.04 Å². The summed E-state index contributed by atoms with van der Waals surface area (Å²) in [6.45, 7) is 7.49. The van der Waals surface area contributed by atoms with Gasteiger partial charge in [-0.1, -0.05) is 6.92 Å². The highest BCUT2D eigenvalue weighted by Crippen LogP contribution is 2.31. The Hall–Kier alpha value is -0.650. The van der Waals surface area contributed by atoms with Crippen LogP contribution in [0.15, 0.2) is 0 Å². The molecule has 0 aromatic carbocycles. The van der Waals surface area contributed by atoms with E-state index in [2.05, 4.69) is 29.1 Å². The molecule has 0 spiro atoms. The quantitative estimate of drug-likeness (QED) is 0.766. The van der Waals surface area contributed by atoms with E-state index in [0.717, 1.165) is 58.4 Å². The first kappa shape index (κ1) is 15.7. The zero-order valence-electron chi connectivity index (χ0n) is 13.0. The number of primary amides is 1. The molecule has 0 aromatic heterocycles. The first-order chi connectivity index (χ1) is 9.57. The van der Waals surface area contributed by atoms with Crippen molar-refractivity contribution in [2.45, 2.75) is 50.6 Å². The van der Waals surface area contributed by atoms with Gasteiger partial charge in [0.25, 0.3) is 0 Å². The number of nitrogens with two attached hydrogens (primary N) is 1. The maximum atomic E-state index is 12.0. The van der Waals surface area contributed by atoms with Crippen LogP contribution in [0.4, 0.5) is 0 Å². The summed E-state index contributed by atoms with van der Waals surface area (Å²) in [6, 6.07) is 0.509. The van der Waals surface area contributed by atoms with Crippen LogP contribution < -0.4 is 11.1 Å². The molecule has 1 amide bonds. The summed E-state index contributed by atoms with van der Waals surface area (Å²) >= 11 is 0. The van der Waals surface area contributed by atoms with Gasteiger partial charge in [0, 0.05) is 32.2 Å². The lowest BCUT2D eigenvalue weighted by molar-refractivity contribution is -0.127. The molecular formula is C15H30N4O. The van der Waals surface area contributed by atoms with Crippen molar-refractivity contribution in [1.82, 2.24) is 15.1 Å². The lowest BCUT2D eigenvalue weighted by Gasteiger charge is -2.45. The van der Waals surface area contributed by atoms with Crippen LogP contribution in [0.3, 0.4) is 0 Å². The van der Waals surface area contributed by atoms with Crippen LogP contribution in [-0.4, -0.2) is 67.1 Å². The first-order valence-electron chi connectivity index (χ1n) is 8.05. The van der Waals surface area contributed by atoms with Gasteiger partial charge in [0.15, 0.2) is 0 Å². The number of hydrogen-bond donors (Lipinski definition) is 2. The van der Waals surface area contributed by atoms with E-state index in [9.17, 15) is 4.79 Å². The molecule has 2 atom stereocenters. The van der Waals surface area contributed by atoms with Crippen molar-refractivity contribution < 1.29 is 4.79 Å². The average molecular weight is 282 g/mol. The Morgan fingerprint density at radius 3 is 2.65 bits per heavy atom. The van der Waals surface area contributed by atoms with Gasteiger partial charge < -0.3 is 16.0 Å². The van der Waals surface area contributed by atoms with Crippen LogP contribution in [0.2, 0.25) is 0 Å². The van der Waals surface area contributed by atoms with Gasteiger partial charge in [-0.05, 0) is 45.7 Å². The highest BCUT2D eigenvalue weighted by atomic mass is 16.1. The zero-order valence-corrected chi connectivity index (χ0v) is 13.0. The van der Waals surface area contributed by atoms with Crippen molar-refractivity contribution in [3.63, 3.8) is 0 Å². The highest BCUT2D eigenvalue weighted by Gasteiger charge is 2.42. The van der Waals surface area contributed by atoms with Crippen molar-refractivity contribution in [3.8, 4) is 0 Å². The Bertz CT molecular complexity index is 328. The van der Waals surface area contributed by atoms with E-state index in [1.807, 2.05) is 0 Å². The van der Waals surface area contributed by atoms with Crippen molar-refractivity contribution in [3.05, 3.63) is 0 Å². The molecule has 0 bridgehead atoms. The molecule has 3 N–H and O–H groups in total. The molecule has 1 aliphatic carbocycles. The van der Waals surface area contributed by atoms with Gasteiger partial charge in [0.05, 0.1) is 5.54 Å². The van der Waals surface area contributed by atoms with Crippen LogP contribution in [0.5, 0.6) is 0 Å². The standard InChI is InChI=1S/C15H30N4O/c1-3-7-17-15(14(16)20)6-4-5-13(12-15)19-10-8-18(2)9-11-19/h13,17H,3-12H2,1-2H3,(H2,16,20). The number of carbonyl (C=O) groups is 1. The molecular weight excluding hydrogens is 252 g/mol. The third kappa shape index (κ3) is 3.51. The SMILES string of the molecule is CCCNC1(C(N)=O)CCCC(N2CCN(C)CC2)C1. The Balaban J connectivity index is 2.00. The number of carbonyl (C=O) groups excluding carboxylic acids is 1. The summed E-state index contributed by atoms with van der Waals surface area (Å²) < 4.78 is 0. The molecule has 5 nitrogen and oxygen atoms in total. The van der Waals surface area contributed by atoms with Gasteiger partial charge in [-0.15, -0.1) is 0 Å². The second kappa shape index (κ2) is 6.87. The monoisotopic (exact) mass is 282 g/mol. The smallest absolute Gasteiger partial charge is 0.237 e. The minimum atomic E-state index is -0.470. The second-order valence-electron chi connectivity index (χ2n) is 6.46. The Labute approximate surface area is 122 Å². The number of nitrogens with zero attached hydrogens (tertiary/aromatic N) is 2. The number of rotatable bonds is 5. The number of hydrogen-bond acceptors (Lipinski definition) is 4. The van der Waals surface area contributed by atoms with Crippen molar-refractivity contribution in [2.24, 2.45) is 5.73 Å². The number of piperazine rings is 1. The molecule has 2 unspecified atom stereocenters. The topological polar surface area (TPSA) is 61.6 Å². The molecule has 20 heavy (non-hydrogen) atoms. The third-order valence-electron chi connectivity index (χ3n) is 4.96. The summed E-state index contributed by atoms with van der Waals surface area (Å²) in [5, 5.41) is 3.45. The fourth-order valence-corrected chi connectivity index (χ4v) is 3.58. The zero-order chi connectivity index (χ0) is 14.6. The number of amides is 1. The maximum absolute atomic E-state index is 12.0. The molecule has 1 heterocycles. The fraction of sp³-hybridized carbons (Fsp3) is 0.933. The van der Waals surface area contributed by atoms with Gasteiger partial charge in [0.2, 0.25) is 5.91 Å². The van der Waals surface area contributed by atoms with Crippen LogP contribution >= 0.6 is 0 Å². The van der Waals surface area contributed by atoms with Gasteiger partial charge in [-0.25, -0.2) is 0 Å². The summed E-state index contributed by atoms with van der Waals surface area (Å²) in [7, 11) is 2.18. The van der Waals surface area contributed by atoms with E-state index >= 15 is 0 Å². The van der Waals surface area contributed by atoms with E-state index in [1.165, 1.54) is 6.42 Å². The molecule has 1 saturated carbocycles. The van der Waals surface area contributed by atoms with Crippen LogP contribution in [-0.2, 0) is 4.79 Å². The molecule has 5 heteroatoms. The summed E-state index contributed by atoms with van der Waals surface area (Å²) in [5.41, 5.74) is 5.26. The minimum absolute atomic E-state index is 0.162. The predicted molar refractivity (Wildman–Crippen MR) is 81.5 cm³/mol. The van der Waals surface area contributed by atoms with E-state index < -0.39 is 5.54 Å². The highest BCUT2D eigenvalue weighted by molar-refractivity contribution is 5.84. The van der Waals surface area contributed by atoms with Gasteiger partial charge in [-0.3, -0.25) is 9.69 Å². The first-order valence-corrected chi connectivity index (χ1v) is 8.05. The molecule has 1 saturated heterocycles. The summed E-state index contributed by atoms with van der Waals surface area (Å²) in [4.78, 5) is 16.9. The molecule has 1 aliphatic heterocycles. The van der Waals surface area contributed by atoms with E-state index in [4.69, 9.17) is 5.73 Å². The van der Waals surface area contributed by atoms with Crippen LogP contribution in [0.1, 0.15) is 39.0 Å². The molecule has 2 rings (SSSR count). The van der Waals surface area contributed by atoms with E-state index in [-0.39, 0.29) is 5.91 Å². The second-order valence-corrected chi connectivity index (χ2v) is 6.46. The van der Waals surface area contributed by atoms with Crippen LogP contribution in [0, 0.1) is 0 Å². The fourth-order valence-electron chi connectivity index (χ4n) is 3.58. The van der Waals surface area contributed by atoms with E-state index in [1.54, 1.807) is 0 Å². The Morgan fingerprint density at radius 1 is 1.35 bits per heavy atom. The number of likely N-dealkylation sites (N-methyl/N-ethyl adjacent to an activating group) is 1. The lowest BCUT2D eigenvalue weighted by Crippen LogP contribution is -2.62. The largest absolute Gasteiger partial charge is 0.368 e. The minimum Gasteiger partial charge on any atom is -0.368 e. The summed E-state index contributed by atoms with van der Waals surface area (Å²) in [6.07, 6.45) is 5.11. The van der Waals surface area contributed by atoms with Gasteiger partial charge in [-0.2, -0.15) is 0 Å². The Morgan fingerprint density at radius 2 is 2.05 bits per heavy atom. The predicted octanol–water partition coefficient (Wildman–Crippen LogP) is 0.400. The molecule has 2 aliphatic rings. The van der Waals surface area contributed by atoms with Gasteiger partial charge in [0.1, 0.15) is 0 Å².